The zero-order valence-corrected chi connectivity index (χ0v) is 9.34. The van der Waals surface area contributed by atoms with E-state index in [1.807, 2.05) is 0 Å². The van der Waals surface area contributed by atoms with Crippen molar-refractivity contribution in [3.63, 3.8) is 0 Å². The molecule has 0 aromatic rings. The van der Waals surface area contributed by atoms with Crippen molar-refractivity contribution >= 4 is 11.8 Å². The van der Waals surface area contributed by atoms with E-state index in [2.05, 4.69) is 5.32 Å². The summed E-state index contributed by atoms with van der Waals surface area (Å²) in [5.41, 5.74) is -0.934. The lowest BCUT2D eigenvalue weighted by atomic mass is 10.0. The molecule has 1 rings (SSSR count). The highest BCUT2D eigenvalue weighted by atomic mass is 19.1. The third kappa shape index (κ3) is 2.46. The molecule has 1 unspecified atom stereocenters. The molecule has 4 nitrogen and oxygen atoms in total. The predicted octanol–water partition coefficient (Wildman–Crippen LogP) is 0.472. The highest BCUT2D eigenvalue weighted by molar-refractivity contribution is 5.93. The van der Waals surface area contributed by atoms with E-state index in [-0.39, 0.29) is 30.8 Å². The van der Waals surface area contributed by atoms with Crippen molar-refractivity contribution in [3.8, 4) is 0 Å². The highest BCUT2D eigenvalue weighted by Gasteiger charge is 2.39. The van der Waals surface area contributed by atoms with Crippen molar-refractivity contribution in [1.29, 1.82) is 0 Å². The monoisotopic (exact) mass is 216 g/mol. The van der Waals surface area contributed by atoms with Crippen LogP contribution in [-0.2, 0) is 9.59 Å². The molecule has 0 radical (unpaired) electrons. The van der Waals surface area contributed by atoms with Crippen molar-refractivity contribution in [2.24, 2.45) is 0 Å². The quantitative estimate of drug-likeness (QED) is 0.729. The summed E-state index contributed by atoms with van der Waals surface area (Å²) in [6, 6.07) is -0.241. The molecule has 1 aliphatic rings. The summed E-state index contributed by atoms with van der Waals surface area (Å²) in [7, 11) is 0. The van der Waals surface area contributed by atoms with E-state index < -0.39 is 12.2 Å². The maximum absolute atomic E-state index is 12.3. The van der Waals surface area contributed by atoms with Crippen molar-refractivity contribution in [2.75, 3.05) is 13.2 Å². The Kier molecular flexibility index (Phi) is 3.31. The molecule has 0 aliphatic carbocycles. The number of nitrogens with one attached hydrogen (secondary N) is 1. The van der Waals surface area contributed by atoms with Crippen molar-refractivity contribution in [1.82, 2.24) is 10.2 Å². The van der Waals surface area contributed by atoms with Gasteiger partial charge < -0.3 is 10.2 Å². The smallest absolute Gasteiger partial charge is 0.248 e. The number of hydrogen-bond donors (Lipinski definition) is 1. The predicted molar refractivity (Wildman–Crippen MR) is 54.0 cm³/mol. The Morgan fingerprint density at radius 1 is 1.53 bits per heavy atom. The third-order valence-electron chi connectivity index (χ3n) is 2.59. The normalized spacial score (nSPS) is 26.1. The summed E-state index contributed by atoms with van der Waals surface area (Å²) in [6.45, 7) is 4.50. The highest BCUT2D eigenvalue weighted by Crippen LogP contribution is 2.17. The average molecular weight is 216 g/mol. The topological polar surface area (TPSA) is 49.4 Å². The fourth-order valence-electron chi connectivity index (χ4n) is 1.80. The molecule has 5 heteroatoms. The molecule has 0 aromatic carbocycles. The second-order valence-corrected chi connectivity index (χ2v) is 4.41. The van der Waals surface area contributed by atoms with E-state index in [1.54, 1.807) is 20.8 Å². The molecular formula is C10H17FN2O2. The largest absolute Gasteiger partial charge is 0.342 e. The lowest BCUT2D eigenvalue weighted by Crippen LogP contribution is -2.54. The van der Waals surface area contributed by atoms with Gasteiger partial charge >= 0.3 is 0 Å². The molecule has 1 atom stereocenters. The molecule has 1 N–H and O–H groups in total. The number of nitrogens with zero attached hydrogens (tertiary/aromatic N) is 1. The van der Waals surface area contributed by atoms with Crippen LogP contribution in [0.25, 0.3) is 0 Å². The molecule has 1 saturated heterocycles. The van der Waals surface area contributed by atoms with Gasteiger partial charge in [0.2, 0.25) is 11.8 Å². The van der Waals surface area contributed by atoms with Crippen LogP contribution in [0.5, 0.6) is 0 Å². The summed E-state index contributed by atoms with van der Waals surface area (Å²) < 4.78 is 12.3. The van der Waals surface area contributed by atoms with Crippen molar-refractivity contribution in [3.05, 3.63) is 0 Å². The summed E-state index contributed by atoms with van der Waals surface area (Å²) in [5.74, 6) is -0.388. The first-order valence-electron chi connectivity index (χ1n) is 5.06. The first kappa shape index (κ1) is 11.9. The Morgan fingerprint density at radius 2 is 2.13 bits per heavy atom. The van der Waals surface area contributed by atoms with Crippen LogP contribution < -0.4 is 5.32 Å². The van der Waals surface area contributed by atoms with E-state index in [9.17, 15) is 14.0 Å². The lowest BCUT2D eigenvalue weighted by molar-refractivity contribution is -0.138. The minimum atomic E-state index is -0.934. The number of carbonyl (C=O) groups is 2. The molecule has 1 heterocycles. The van der Waals surface area contributed by atoms with E-state index >= 15 is 0 Å². The third-order valence-corrected chi connectivity index (χ3v) is 2.59. The minimum Gasteiger partial charge on any atom is -0.342 e. The second-order valence-electron chi connectivity index (χ2n) is 4.41. The second kappa shape index (κ2) is 4.16. The van der Waals surface area contributed by atoms with Gasteiger partial charge in [0.1, 0.15) is 12.2 Å². The number of halogens is 1. The lowest BCUT2D eigenvalue weighted by Gasteiger charge is -2.31. The first-order chi connectivity index (χ1) is 6.88. The molecule has 0 spiro atoms. The standard InChI is InChI=1S/C10H17FN2O2/c1-7-6-8(14)12-10(2,3)9(15)13(7)5-4-11/h7H,4-6H2,1-3H3,(H,12,14). The molecule has 1 fully saturated rings. The van der Waals surface area contributed by atoms with Gasteiger partial charge in [0.15, 0.2) is 0 Å². The number of amides is 2. The minimum absolute atomic E-state index is 0.0540. The number of alkyl halides is 1. The van der Waals surface area contributed by atoms with Gasteiger partial charge in [-0.05, 0) is 20.8 Å². The molecular weight excluding hydrogens is 199 g/mol. The zero-order chi connectivity index (χ0) is 11.6. The van der Waals surface area contributed by atoms with Gasteiger partial charge in [-0.25, -0.2) is 4.39 Å². The Balaban J connectivity index is 2.94. The van der Waals surface area contributed by atoms with E-state index in [4.69, 9.17) is 0 Å². The molecule has 1 aliphatic heterocycles. The fraction of sp³-hybridized carbons (Fsp3) is 0.800. The molecule has 0 aromatic heterocycles. The molecule has 0 saturated carbocycles. The van der Waals surface area contributed by atoms with Gasteiger partial charge in [-0.15, -0.1) is 0 Å². The summed E-state index contributed by atoms with van der Waals surface area (Å²) in [6.07, 6.45) is 0.231. The van der Waals surface area contributed by atoms with E-state index in [0.29, 0.717) is 0 Å². The van der Waals surface area contributed by atoms with E-state index in [1.165, 1.54) is 4.90 Å². The number of hydrogen-bond acceptors (Lipinski definition) is 2. The van der Waals surface area contributed by atoms with Crippen LogP contribution in [0.2, 0.25) is 0 Å². The summed E-state index contributed by atoms with van der Waals surface area (Å²) in [4.78, 5) is 24.8. The Bertz CT molecular complexity index is 279. The van der Waals surface area contributed by atoms with Gasteiger partial charge in [0.25, 0.3) is 0 Å². The van der Waals surface area contributed by atoms with Gasteiger partial charge in [0, 0.05) is 19.0 Å². The van der Waals surface area contributed by atoms with Crippen molar-refractivity contribution in [2.45, 2.75) is 38.8 Å². The fourth-order valence-corrected chi connectivity index (χ4v) is 1.80. The van der Waals surface area contributed by atoms with Crippen LogP contribution in [0.1, 0.15) is 27.2 Å². The van der Waals surface area contributed by atoms with Crippen LogP contribution in [0.4, 0.5) is 4.39 Å². The number of carbonyl (C=O) groups excluding carboxylic acids is 2. The van der Waals surface area contributed by atoms with Crippen LogP contribution in [0.15, 0.2) is 0 Å². The maximum Gasteiger partial charge on any atom is 0.248 e. The molecule has 2 amide bonds. The Labute approximate surface area is 88.8 Å². The van der Waals surface area contributed by atoms with Crippen LogP contribution in [0, 0.1) is 0 Å². The van der Waals surface area contributed by atoms with Gasteiger partial charge in [-0.2, -0.15) is 0 Å². The molecule has 0 bridgehead atoms. The van der Waals surface area contributed by atoms with Crippen molar-refractivity contribution < 1.29 is 14.0 Å². The van der Waals surface area contributed by atoms with Gasteiger partial charge in [-0.3, -0.25) is 9.59 Å². The summed E-state index contributed by atoms with van der Waals surface area (Å²) >= 11 is 0. The van der Waals surface area contributed by atoms with E-state index in [0.717, 1.165) is 0 Å². The number of rotatable bonds is 2. The molecule has 86 valence electrons. The van der Waals surface area contributed by atoms with Gasteiger partial charge in [0.05, 0.1) is 0 Å². The SMILES string of the molecule is CC1CC(=O)NC(C)(C)C(=O)N1CCF. The summed E-state index contributed by atoms with van der Waals surface area (Å²) in [5, 5.41) is 2.63. The zero-order valence-electron chi connectivity index (χ0n) is 9.34. The van der Waals surface area contributed by atoms with Crippen LogP contribution in [0.3, 0.4) is 0 Å². The first-order valence-corrected chi connectivity index (χ1v) is 5.06. The average Bonchev–Trinajstić information content (AvgIpc) is 2.16. The maximum atomic E-state index is 12.3. The Hall–Kier alpha value is -1.13. The van der Waals surface area contributed by atoms with Gasteiger partial charge in [-0.1, -0.05) is 0 Å². The Morgan fingerprint density at radius 3 is 2.67 bits per heavy atom. The molecule has 15 heavy (non-hydrogen) atoms. The van der Waals surface area contributed by atoms with Crippen LogP contribution in [-0.4, -0.2) is 41.5 Å². The van der Waals surface area contributed by atoms with Crippen LogP contribution >= 0.6 is 0 Å².